The molecule has 80 valence electrons. The second kappa shape index (κ2) is 7.65. The number of methoxy groups -OCH3 is 1. The summed E-state index contributed by atoms with van der Waals surface area (Å²) in [5, 5.41) is 9.26. The zero-order chi connectivity index (χ0) is 11.0. The number of nitriles is 1. The predicted octanol–water partition coefficient (Wildman–Crippen LogP) is 1.54. The first kappa shape index (κ1) is 13.3. The lowest BCUT2D eigenvalue weighted by molar-refractivity contribution is 0.168. The zero-order valence-electron chi connectivity index (χ0n) is 9.15. The molecule has 0 heterocycles. The maximum Gasteiger partial charge on any atom is 0.208 e. The highest BCUT2D eigenvalue weighted by atomic mass is 32.2. The van der Waals surface area contributed by atoms with Crippen molar-refractivity contribution in [1.82, 2.24) is 4.90 Å². The van der Waals surface area contributed by atoms with Gasteiger partial charge in [-0.15, -0.1) is 4.99 Å². The van der Waals surface area contributed by atoms with E-state index in [0.717, 1.165) is 11.7 Å². The van der Waals surface area contributed by atoms with E-state index in [0.29, 0.717) is 12.6 Å². The minimum Gasteiger partial charge on any atom is -0.383 e. The van der Waals surface area contributed by atoms with Crippen LogP contribution in [0.15, 0.2) is 4.99 Å². The van der Waals surface area contributed by atoms with Crippen LogP contribution in [0.25, 0.3) is 0 Å². The van der Waals surface area contributed by atoms with Gasteiger partial charge in [0.15, 0.2) is 5.17 Å². The van der Waals surface area contributed by atoms with Gasteiger partial charge in [-0.3, -0.25) is 0 Å². The molecule has 0 aliphatic rings. The molecule has 5 heteroatoms. The van der Waals surface area contributed by atoms with E-state index in [2.05, 4.69) is 23.7 Å². The van der Waals surface area contributed by atoms with Crippen LogP contribution in [0.2, 0.25) is 0 Å². The standard InChI is InChI=1S/C9H17N3OS/c1-8(2)12(5-6-13-3)9(14-4)11-7-10/h8H,5-6H2,1-4H3. The third-order valence-electron chi connectivity index (χ3n) is 1.73. The van der Waals surface area contributed by atoms with E-state index >= 15 is 0 Å². The Hall–Kier alpha value is -0.730. The van der Waals surface area contributed by atoms with E-state index in [4.69, 9.17) is 10.00 Å². The SMILES string of the molecule is COCCN(C(=NC#N)SC)C(C)C. The van der Waals surface area contributed by atoms with E-state index in [1.807, 2.05) is 12.4 Å². The summed E-state index contributed by atoms with van der Waals surface area (Å²) in [6.07, 6.45) is 3.73. The van der Waals surface area contributed by atoms with Crippen molar-refractivity contribution >= 4 is 16.9 Å². The molecule has 0 bridgehead atoms. The first-order valence-corrected chi connectivity index (χ1v) is 5.66. The molecule has 0 aromatic carbocycles. The highest BCUT2D eigenvalue weighted by Crippen LogP contribution is 2.09. The molecule has 0 unspecified atom stereocenters. The van der Waals surface area contributed by atoms with Crippen LogP contribution in [-0.2, 0) is 4.74 Å². The molecule has 0 aromatic heterocycles. The van der Waals surface area contributed by atoms with Crippen LogP contribution in [0.3, 0.4) is 0 Å². The molecule has 4 nitrogen and oxygen atoms in total. The highest BCUT2D eigenvalue weighted by Gasteiger charge is 2.13. The molecule has 0 spiro atoms. The van der Waals surface area contributed by atoms with Crippen LogP contribution >= 0.6 is 11.8 Å². The lowest BCUT2D eigenvalue weighted by atomic mass is 10.3. The Balaban J connectivity index is 4.46. The Morgan fingerprint density at radius 2 is 2.29 bits per heavy atom. The Bertz CT molecular complexity index is 223. The van der Waals surface area contributed by atoms with Crippen molar-refractivity contribution in [1.29, 1.82) is 5.26 Å². The maximum absolute atomic E-state index is 8.52. The van der Waals surface area contributed by atoms with Gasteiger partial charge in [0, 0.05) is 19.7 Å². The lowest BCUT2D eigenvalue weighted by Gasteiger charge is -2.27. The van der Waals surface area contributed by atoms with Gasteiger partial charge in [0.1, 0.15) is 0 Å². The number of thioether (sulfide) groups is 1. The third-order valence-corrected chi connectivity index (χ3v) is 2.42. The van der Waals surface area contributed by atoms with Crippen molar-refractivity contribution in [3.8, 4) is 6.19 Å². The van der Waals surface area contributed by atoms with Gasteiger partial charge in [-0.2, -0.15) is 5.26 Å². The molecule has 0 rings (SSSR count). The second-order valence-electron chi connectivity index (χ2n) is 2.98. The van der Waals surface area contributed by atoms with Gasteiger partial charge in [0.2, 0.25) is 6.19 Å². The van der Waals surface area contributed by atoms with Crippen LogP contribution in [0, 0.1) is 11.5 Å². The molecule has 0 radical (unpaired) electrons. The van der Waals surface area contributed by atoms with E-state index in [9.17, 15) is 0 Å². The minimum atomic E-state index is 0.324. The van der Waals surface area contributed by atoms with Crippen molar-refractivity contribution in [3.63, 3.8) is 0 Å². The minimum absolute atomic E-state index is 0.324. The first-order valence-electron chi connectivity index (χ1n) is 4.43. The zero-order valence-corrected chi connectivity index (χ0v) is 9.97. The van der Waals surface area contributed by atoms with Gasteiger partial charge in [0.25, 0.3) is 0 Å². The molecule has 0 saturated heterocycles. The number of nitrogens with zero attached hydrogens (tertiary/aromatic N) is 3. The van der Waals surface area contributed by atoms with Crippen molar-refractivity contribution in [2.24, 2.45) is 4.99 Å². The van der Waals surface area contributed by atoms with E-state index in [1.165, 1.54) is 11.8 Å². The summed E-state index contributed by atoms with van der Waals surface area (Å²) < 4.78 is 5.01. The Labute approximate surface area is 89.9 Å². The average molecular weight is 215 g/mol. The number of aliphatic imine (C=N–C) groups is 1. The number of hydrogen-bond donors (Lipinski definition) is 0. The molecule has 0 aromatic rings. The van der Waals surface area contributed by atoms with Crippen molar-refractivity contribution in [3.05, 3.63) is 0 Å². The summed E-state index contributed by atoms with van der Waals surface area (Å²) in [4.78, 5) is 5.83. The molecular weight excluding hydrogens is 198 g/mol. The second-order valence-corrected chi connectivity index (χ2v) is 3.75. The molecule has 0 atom stereocenters. The number of amidine groups is 1. The third kappa shape index (κ3) is 4.49. The number of hydrogen-bond acceptors (Lipinski definition) is 4. The lowest BCUT2D eigenvalue weighted by Crippen LogP contribution is -2.37. The van der Waals surface area contributed by atoms with Gasteiger partial charge in [-0.25, -0.2) is 0 Å². The monoisotopic (exact) mass is 215 g/mol. The normalized spacial score (nSPS) is 11.6. The molecule has 0 N–H and O–H groups in total. The average Bonchev–Trinajstić information content (AvgIpc) is 2.16. The fraction of sp³-hybridized carbons (Fsp3) is 0.778. The molecule has 0 aliphatic carbocycles. The largest absolute Gasteiger partial charge is 0.383 e. The predicted molar refractivity (Wildman–Crippen MR) is 60.3 cm³/mol. The van der Waals surface area contributed by atoms with Crippen LogP contribution in [0.1, 0.15) is 13.8 Å². The molecular formula is C9H17N3OS. The molecule has 0 fully saturated rings. The van der Waals surface area contributed by atoms with Gasteiger partial charge in [-0.05, 0) is 20.1 Å². The molecule has 0 aliphatic heterocycles. The topological polar surface area (TPSA) is 48.6 Å². The summed E-state index contributed by atoms with van der Waals surface area (Å²) in [6.45, 7) is 5.54. The van der Waals surface area contributed by atoms with Crippen LogP contribution < -0.4 is 0 Å². The fourth-order valence-electron chi connectivity index (χ4n) is 1.03. The molecule has 0 amide bonds. The van der Waals surface area contributed by atoms with Crippen LogP contribution in [0.4, 0.5) is 0 Å². The quantitative estimate of drug-likeness (QED) is 0.405. The van der Waals surface area contributed by atoms with Gasteiger partial charge >= 0.3 is 0 Å². The Morgan fingerprint density at radius 1 is 1.64 bits per heavy atom. The summed E-state index contributed by atoms with van der Waals surface area (Å²) in [7, 11) is 1.67. The van der Waals surface area contributed by atoms with Crippen LogP contribution in [0.5, 0.6) is 0 Å². The summed E-state index contributed by atoms with van der Waals surface area (Å²) >= 11 is 1.48. The fourth-order valence-corrected chi connectivity index (χ4v) is 1.70. The van der Waals surface area contributed by atoms with Gasteiger partial charge in [0.05, 0.1) is 6.61 Å². The first-order chi connectivity index (χ1) is 6.67. The van der Waals surface area contributed by atoms with Gasteiger partial charge < -0.3 is 9.64 Å². The van der Waals surface area contributed by atoms with Gasteiger partial charge in [-0.1, -0.05) is 11.8 Å². The summed E-state index contributed by atoms with van der Waals surface area (Å²) in [6, 6.07) is 0.324. The van der Waals surface area contributed by atoms with E-state index in [1.54, 1.807) is 7.11 Å². The van der Waals surface area contributed by atoms with E-state index in [-0.39, 0.29) is 0 Å². The summed E-state index contributed by atoms with van der Waals surface area (Å²) in [5.74, 6) is 0. The molecule has 0 saturated carbocycles. The number of rotatable bonds is 4. The number of ether oxygens (including phenoxy) is 1. The maximum atomic E-state index is 8.52. The van der Waals surface area contributed by atoms with E-state index < -0.39 is 0 Å². The van der Waals surface area contributed by atoms with Crippen molar-refractivity contribution < 1.29 is 4.74 Å². The summed E-state index contributed by atoms with van der Waals surface area (Å²) in [5.41, 5.74) is 0. The smallest absolute Gasteiger partial charge is 0.208 e. The highest BCUT2D eigenvalue weighted by molar-refractivity contribution is 8.13. The van der Waals surface area contributed by atoms with Crippen LogP contribution in [-0.4, -0.2) is 42.6 Å². The molecule has 14 heavy (non-hydrogen) atoms. The Kier molecular flexibility index (Phi) is 7.25. The van der Waals surface area contributed by atoms with Crippen molar-refractivity contribution in [2.75, 3.05) is 26.5 Å². The Morgan fingerprint density at radius 3 is 2.64 bits per heavy atom. The van der Waals surface area contributed by atoms with Crippen molar-refractivity contribution in [2.45, 2.75) is 19.9 Å².